The Morgan fingerprint density at radius 2 is 1.62 bits per heavy atom. The number of aromatic nitrogens is 2. The van der Waals surface area contributed by atoms with E-state index in [0.717, 1.165) is 21.3 Å². The van der Waals surface area contributed by atoms with Crippen LogP contribution >= 0.6 is 15.9 Å². The first-order chi connectivity index (χ1) is 15.5. The normalized spacial score (nSPS) is 16.2. The Labute approximate surface area is 194 Å². The molecule has 32 heavy (non-hydrogen) atoms. The second-order valence-electron chi connectivity index (χ2n) is 8.21. The molecule has 3 aromatic carbocycles. The van der Waals surface area contributed by atoms with Gasteiger partial charge in [-0.05, 0) is 67.0 Å². The van der Waals surface area contributed by atoms with Crippen molar-refractivity contribution in [2.45, 2.75) is 25.7 Å². The molecule has 0 radical (unpaired) electrons. The van der Waals surface area contributed by atoms with E-state index < -0.39 is 0 Å². The van der Waals surface area contributed by atoms with Gasteiger partial charge >= 0.3 is 0 Å². The molecule has 0 bridgehead atoms. The van der Waals surface area contributed by atoms with Crippen LogP contribution in [0, 0.1) is 6.92 Å². The van der Waals surface area contributed by atoms with Gasteiger partial charge in [-0.2, -0.15) is 0 Å². The van der Waals surface area contributed by atoms with Crippen LogP contribution in [0.25, 0.3) is 22.2 Å². The van der Waals surface area contributed by atoms with Crippen LogP contribution < -0.4 is 5.56 Å². The van der Waals surface area contributed by atoms with E-state index in [1.54, 1.807) is 16.7 Å². The second-order valence-corrected chi connectivity index (χ2v) is 9.13. The molecule has 5 rings (SSSR count). The van der Waals surface area contributed by atoms with Crippen LogP contribution in [-0.2, 0) is 4.79 Å². The van der Waals surface area contributed by atoms with Crippen molar-refractivity contribution in [3.63, 3.8) is 0 Å². The second kappa shape index (κ2) is 8.32. The van der Waals surface area contributed by atoms with E-state index in [1.807, 2.05) is 61.5 Å². The minimum absolute atomic E-state index is 0.0570. The van der Waals surface area contributed by atoms with E-state index in [9.17, 15) is 9.59 Å². The molecule has 0 aliphatic heterocycles. The Balaban J connectivity index is 1.67. The average Bonchev–Trinajstić information content (AvgIpc) is 2.80. The van der Waals surface area contributed by atoms with Gasteiger partial charge in [0.15, 0.2) is 5.78 Å². The molecule has 0 amide bonds. The van der Waals surface area contributed by atoms with Crippen LogP contribution in [0.4, 0.5) is 0 Å². The highest BCUT2D eigenvalue weighted by Gasteiger charge is 2.28. The predicted molar refractivity (Wildman–Crippen MR) is 131 cm³/mol. The molecule has 158 valence electrons. The first kappa shape index (κ1) is 20.6. The maximum atomic E-state index is 13.6. The topological polar surface area (TPSA) is 52.0 Å². The van der Waals surface area contributed by atoms with Gasteiger partial charge < -0.3 is 0 Å². The third-order valence-corrected chi connectivity index (χ3v) is 6.45. The fraction of sp³-hybridized carbons (Fsp3) is 0.148. The fourth-order valence-electron chi connectivity index (χ4n) is 4.31. The molecule has 1 heterocycles. The molecule has 1 unspecified atom stereocenters. The molecule has 0 spiro atoms. The Morgan fingerprint density at radius 1 is 0.906 bits per heavy atom. The maximum Gasteiger partial charge on any atom is 0.265 e. The standard InChI is InChI=1S/C27H21BrN2O2/c1-17-6-8-18(9-7-17)19-14-20(16-23(31)15-19)26-29-25-5-3-2-4-24(25)27(32)30(26)22-12-10-21(28)11-13-22/h2-13,15,20H,14,16H2,1H3. The van der Waals surface area contributed by atoms with Gasteiger partial charge in [-0.15, -0.1) is 0 Å². The van der Waals surface area contributed by atoms with Crippen LogP contribution in [0.1, 0.15) is 35.7 Å². The van der Waals surface area contributed by atoms with Gasteiger partial charge in [0.05, 0.1) is 16.6 Å². The van der Waals surface area contributed by atoms with Crippen LogP contribution in [0.5, 0.6) is 0 Å². The first-order valence-corrected chi connectivity index (χ1v) is 11.4. The van der Waals surface area contributed by atoms with E-state index in [1.165, 1.54) is 5.56 Å². The summed E-state index contributed by atoms with van der Waals surface area (Å²) in [6.07, 6.45) is 2.72. The highest BCUT2D eigenvalue weighted by Crippen LogP contribution is 2.36. The van der Waals surface area contributed by atoms with Crippen molar-refractivity contribution in [1.29, 1.82) is 0 Å². The Bertz CT molecular complexity index is 1420. The van der Waals surface area contributed by atoms with Gasteiger partial charge in [0.25, 0.3) is 5.56 Å². The van der Waals surface area contributed by atoms with Crippen molar-refractivity contribution in [3.8, 4) is 5.69 Å². The highest BCUT2D eigenvalue weighted by molar-refractivity contribution is 9.10. The number of para-hydroxylation sites is 1. The smallest absolute Gasteiger partial charge is 0.265 e. The minimum atomic E-state index is -0.190. The Hall–Kier alpha value is -3.31. The van der Waals surface area contributed by atoms with Crippen molar-refractivity contribution in [1.82, 2.24) is 9.55 Å². The molecule has 4 nitrogen and oxygen atoms in total. The molecule has 5 heteroatoms. The van der Waals surface area contributed by atoms with Crippen LogP contribution in [0.3, 0.4) is 0 Å². The zero-order valence-electron chi connectivity index (χ0n) is 17.6. The van der Waals surface area contributed by atoms with E-state index >= 15 is 0 Å². The van der Waals surface area contributed by atoms with Crippen molar-refractivity contribution in [3.05, 3.63) is 111 Å². The molecule has 1 atom stereocenters. The monoisotopic (exact) mass is 484 g/mol. The number of hydrogen-bond donors (Lipinski definition) is 0. The maximum absolute atomic E-state index is 13.6. The fourth-order valence-corrected chi connectivity index (χ4v) is 4.57. The van der Waals surface area contributed by atoms with E-state index in [-0.39, 0.29) is 17.3 Å². The number of hydrogen-bond acceptors (Lipinski definition) is 3. The Kier molecular flexibility index (Phi) is 5.35. The summed E-state index contributed by atoms with van der Waals surface area (Å²) < 4.78 is 2.60. The van der Waals surface area contributed by atoms with E-state index in [0.29, 0.717) is 29.6 Å². The van der Waals surface area contributed by atoms with Gasteiger partial charge in [-0.25, -0.2) is 4.98 Å². The lowest BCUT2D eigenvalue weighted by Crippen LogP contribution is -2.27. The van der Waals surface area contributed by atoms with Crippen LogP contribution in [0.15, 0.2) is 88.1 Å². The molecular formula is C27H21BrN2O2. The lowest BCUT2D eigenvalue weighted by molar-refractivity contribution is -0.115. The molecule has 0 N–H and O–H groups in total. The number of rotatable bonds is 3. The van der Waals surface area contributed by atoms with E-state index in [2.05, 4.69) is 28.1 Å². The average molecular weight is 485 g/mol. The summed E-state index contributed by atoms with van der Waals surface area (Å²) in [6.45, 7) is 2.04. The lowest BCUT2D eigenvalue weighted by atomic mass is 9.84. The zero-order chi connectivity index (χ0) is 22.2. The summed E-state index contributed by atoms with van der Waals surface area (Å²) in [5, 5.41) is 0.565. The number of fused-ring (bicyclic) bond motifs is 1. The van der Waals surface area contributed by atoms with Crippen molar-refractivity contribution in [2.24, 2.45) is 0 Å². The van der Waals surface area contributed by atoms with Gasteiger partial charge in [-0.3, -0.25) is 14.2 Å². The Morgan fingerprint density at radius 3 is 2.38 bits per heavy atom. The number of allylic oxidation sites excluding steroid dienone is 2. The number of aryl methyl sites for hydroxylation is 1. The van der Waals surface area contributed by atoms with Gasteiger partial charge in [0.2, 0.25) is 0 Å². The quantitative estimate of drug-likeness (QED) is 0.359. The number of nitrogens with zero attached hydrogens (tertiary/aromatic N) is 2. The summed E-state index contributed by atoms with van der Waals surface area (Å²) in [5.74, 6) is 0.494. The number of carbonyl (C=O) groups excluding carboxylic acids is 1. The summed E-state index contributed by atoms with van der Waals surface area (Å²) in [4.78, 5) is 31.2. The van der Waals surface area contributed by atoms with Crippen molar-refractivity contribution in [2.75, 3.05) is 0 Å². The summed E-state index contributed by atoms with van der Waals surface area (Å²) in [5.41, 5.74) is 4.47. The molecule has 4 aromatic rings. The SMILES string of the molecule is Cc1ccc(C2=CC(=O)CC(c3nc4ccccc4c(=O)n3-c3ccc(Br)cc3)C2)cc1. The molecular weight excluding hydrogens is 464 g/mol. The highest BCUT2D eigenvalue weighted by atomic mass is 79.9. The summed E-state index contributed by atoms with van der Waals surface area (Å²) in [7, 11) is 0. The van der Waals surface area contributed by atoms with E-state index in [4.69, 9.17) is 4.98 Å². The third-order valence-electron chi connectivity index (χ3n) is 5.92. The molecule has 0 fully saturated rings. The molecule has 1 aromatic heterocycles. The molecule has 0 saturated carbocycles. The first-order valence-electron chi connectivity index (χ1n) is 10.6. The third kappa shape index (κ3) is 3.84. The number of benzene rings is 3. The molecule has 0 saturated heterocycles. The molecule has 1 aliphatic carbocycles. The van der Waals surface area contributed by atoms with Gasteiger partial charge in [0, 0.05) is 16.8 Å². The lowest BCUT2D eigenvalue weighted by Gasteiger charge is -2.25. The zero-order valence-corrected chi connectivity index (χ0v) is 19.2. The minimum Gasteiger partial charge on any atom is -0.295 e. The number of carbonyl (C=O) groups is 1. The molecule has 1 aliphatic rings. The van der Waals surface area contributed by atoms with Crippen molar-refractivity contribution >= 4 is 38.2 Å². The number of halogens is 1. The predicted octanol–water partition coefficient (Wildman–Crippen LogP) is 5.99. The van der Waals surface area contributed by atoms with Crippen LogP contribution in [-0.4, -0.2) is 15.3 Å². The van der Waals surface area contributed by atoms with Gasteiger partial charge in [-0.1, -0.05) is 57.9 Å². The summed E-state index contributed by atoms with van der Waals surface area (Å²) in [6, 6.07) is 23.2. The largest absolute Gasteiger partial charge is 0.295 e. The van der Waals surface area contributed by atoms with Gasteiger partial charge in [0.1, 0.15) is 5.82 Å². The van der Waals surface area contributed by atoms with Crippen molar-refractivity contribution < 1.29 is 4.79 Å². The van der Waals surface area contributed by atoms with Crippen LogP contribution in [0.2, 0.25) is 0 Å². The number of ketones is 1. The summed E-state index contributed by atoms with van der Waals surface area (Å²) >= 11 is 3.46.